The molecule has 0 spiro atoms. The highest BCUT2D eigenvalue weighted by atomic mass is 16.2. The van der Waals surface area contributed by atoms with Crippen molar-refractivity contribution in [2.75, 3.05) is 6.54 Å². The minimum Gasteiger partial charge on any atom is -0.352 e. The third-order valence-electron chi connectivity index (χ3n) is 3.60. The van der Waals surface area contributed by atoms with Gasteiger partial charge in [-0.25, -0.2) is 0 Å². The Morgan fingerprint density at radius 3 is 2.50 bits per heavy atom. The van der Waals surface area contributed by atoms with Crippen molar-refractivity contribution < 1.29 is 4.79 Å². The maximum atomic E-state index is 11.8. The number of rotatable bonds is 4. The lowest BCUT2D eigenvalue weighted by Crippen LogP contribution is -2.42. The predicted octanol–water partition coefficient (Wildman–Crippen LogP) is 0.886. The summed E-state index contributed by atoms with van der Waals surface area (Å²) in [5.74, 6) is 1.11. The van der Waals surface area contributed by atoms with Crippen LogP contribution in [0.25, 0.3) is 0 Å². The molecule has 0 radical (unpaired) electrons. The average molecular weight is 196 g/mol. The molecule has 0 aromatic heterocycles. The van der Waals surface area contributed by atoms with Crippen LogP contribution in [0.5, 0.6) is 0 Å². The number of carbonyl (C=O) groups is 1. The SMILES string of the molecule is CC1(C)CC1C(=O)NC(CN)C1CC1. The van der Waals surface area contributed by atoms with Gasteiger partial charge in [-0.15, -0.1) is 0 Å². The van der Waals surface area contributed by atoms with Crippen LogP contribution < -0.4 is 11.1 Å². The van der Waals surface area contributed by atoms with Crippen molar-refractivity contribution in [2.24, 2.45) is 23.0 Å². The highest BCUT2D eigenvalue weighted by Gasteiger charge is 2.51. The maximum absolute atomic E-state index is 11.8. The fourth-order valence-corrected chi connectivity index (χ4v) is 2.07. The highest BCUT2D eigenvalue weighted by Crippen LogP contribution is 2.51. The van der Waals surface area contributed by atoms with Crippen LogP contribution in [0.1, 0.15) is 33.1 Å². The van der Waals surface area contributed by atoms with Crippen LogP contribution in [0.15, 0.2) is 0 Å². The Morgan fingerprint density at radius 1 is 1.57 bits per heavy atom. The average Bonchev–Trinajstić information content (AvgIpc) is 2.97. The molecule has 2 rings (SSSR count). The van der Waals surface area contributed by atoms with Gasteiger partial charge in [0.25, 0.3) is 0 Å². The highest BCUT2D eigenvalue weighted by molar-refractivity contribution is 5.82. The number of amides is 1. The quantitative estimate of drug-likeness (QED) is 0.701. The molecule has 3 N–H and O–H groups in total. The molecule has 0 aromatic rings. The second kappa shape index (κ2) is 3.23. The summed E-state index contributed by atoms with van der Waals surface area (Å²) >= 11 is 0. The first-order chi connectivity index (χ1) is 6.54. The van der Waals surface area contributed by atoms with Crippen molar-refractivity contribution in [3.8, 4) is 0 Å². The van der Waals surface area contributed by atoms with E-state index in [1.165, 1.54) is 12.8 Å². The van der Waals surface area contributed by atoms with Gasteiger partial charge in [0.05, 0.1) is 0 Å². The molecule has 14 heavy (non-hydrogen) atoms. The van der Waals surface area contributed by atoms with E-state index in [0.717, 1.165) is 6.42 Å². The first-order valence-corrected chi connectivity index (χ1v) is 5.55. The first kappa shape index (κ1) is 9.97. The van der Waals surface area contributed by atoms with Crippen molar-refractivity contribution in [1.82, 2.24) is 5.32 Å². The summed E-state index contributed by atoms with van der Waals surface area (Å²) in [6, 6.07) is 0.235. The largest absolute Gasteiger partial charge is 0.352 e. The fourth-order valence-electron chi connectivity index (χ4n) is 2.07. The molecule has 2 aliphatic carbocycles. The first-order valence-electron chi connectivity index (χ1n) is 5.55. The number of nitrogens with two attached hydrogens (primary N) is 1. The van der Waals surface area contributed by atoms with Crippen molar-refractivity contribution >= 4 is 5.91 Å². The van der Waals surface area contributed by atoms with Crippen LogP contribution in [0.2, 0.25) is 0 Å². The molecule has 0 heterocycles. The molecule has 0 saturated heterocycles. The Morgan fingerprint density at radius 2 is 2.14 bits per heavy atom. The smallest absolute Gasteiger partial charge is 0.223 e. The summed E-state index contributed by atoms with van der Waals surface area (Å²) in [6.45, 7) is 4.88. The minimum absolute atomic E-state index is 0.220. The summed E-state index contributed by atoms with van der Waals surface area (Å²) in [4.78, 5) is 11.8. The summed E-state index contributed by atoms with van der Waals surface area (Å²) in [5.41, 5.74) is 5.86. The molecule has 2 saturated carbocycles. The Kier molecular flexibility index (Phi) is 2.30. The Bertz CT molecular complexity index is 246. The fraction of sp³-hybridized carbons (Fsp3) is 0.909. The van der Waals surface area contributed by atoms with E-state index in [2.05, 4.69) is 19.2 Å². The summed E-state index contributed by atoms with van der Waals surface area (Å²) in [6.07, 6.45) is 3.49. The third kappa shape index (κ3) is 1.92. The minimum atomic E-state index is 0.220. The molecule has 2 unspecified atom stereocenters. The van der Waals surface area contributed by atoms with Crippen molar-refractivity contribution in [3.63, 3.8) is 0 Å². The number of carbonyl (C=O) groups excluding carboxylic acids is 1. The Balaban J connectivity index is 1.81. The molecular formula is C11H20N2O. The molecule has 0 bridgehead atoms. The Hall–Kier alpha value is -0.570. The zero-order valence-electron chi connectivity index (χ0n) is 9.05. The molecule has 0 aromatic carbocycles. The maximum Gasteiger partial charge on any atom is 0.223 e. The van der Waals surface area contributed by atoms with Crippen molar-refractivity contribution in [3.05, 3.63) is 0 Å². The van der Waals surface area contributed by atoms with Crippen LogP contribution >= 0.6 is 0 Å². The molecule has 2 atom stereocenters. The molecule has 2 fully saturated rings. The monoisotopic (exact) mass is 196 g/mol. The third-order valence-corrected chi connectivity index (χ3v) is 3.60. The number of nitrogens with one attached hydrogen (secondary N) is 1. The van der Waals surface area contributed by atoms with Gasteiger partial charge in [-0.05, 0) is 30.6 Å². The lowest BCUT2D eigenvalue weighted by molar-refractivity contribution is -0.123. The van der Waals surface area contributed by atoms with Crippen LogP contribution in [0.3, 0.4) is 0 Å². The molecule has 1 amide bonds. The standard InChI is InChI=1S/C11H20N2O/c1-11(2)5-8(11)10(14)13-9(6-12)7-3-4-7/h7-9H,3-6,12H2,1-2H3,(H,13,14). The molecule has 2 aliphatic rings. The molecule has 3 nitrogen and oxygen atoms in total. The van der Waals surface area contributed by atoms with E-state index in [-0.39, 0.29) is 23.3 Å². The second-order valence-corrected chi connectivity index (χ2v) is 5.43. The number of hydrogen-bond acceptors (Lipinski definition) is 2. The normalized spacial score (nSPS) is 30.9. The van der Waals surface area contributed by atoms with Crippen molar-refractivity contribution in [2.45, 2.75) is 39.2 Å². The summed E-state index contributed by atoms with van der Waals surface area (Å²) in [7, 11) is 0. The van der Waals surface area contributed by atoms with E-state index in [9.17, 15) is 4.79 Å². The van der Waals surface area contributed by atoms with E-state index in [0.29, 0.717) is 12.5 Å². The molecular weight excluding hydrogens is 176 g/mol. The van der Waals surface area contributed by atoms with Gasteiger partial charge in [0.2, 0.25) is 5.91 Å². The topological polar surface area (TPSA) is 55.1 Å². The van der Waals surface area contributed by atoms with Gasteiger partial charge >= 0.3 is 0 Å². The van der Waals surface area contributed by atoms with Crippen LogP contribution in [0, 0.1) is 17.3 Å². The van der Waals surface area contributed by atoms with Crippen LogP contribution in [-0.2, 0) is 4.79 Å². The number of hydrogen-bond donors (Lipinski definition) is 2. The Labute approximate surface area is 85.4 Å². The van der Waals surface area contributed by atoms with Gasteiger partial charge in [0.1, 0.15) is 0 Å². The van der Waals surface area contributed by atoms with Crippen LogP contribution in [-0.4, -0.2) is 18.5 Å². The molecule has 0 aliphatic heterocycles. The zero-order valence-corrected chi connectivity index (χ0v) is 9.05. The van der Waals surface area contributed by atoms with E-state index in [4.69, 9.17) is 5.73 Å². The lowest BCUT2D eigenvalue weighted by atomic mass is 10.1. The van der Waals surface area contributed by atoms with Crippen LogP contribution in [0.4, 0.5) is 0 Å². The van der Waals surface area contributed by atoms with Gasteiger partial charge in [-0.2, -0.15) is 0 Å². The van der Waals surface area contributed by atoms with E-state index < -0.39 is 0 Å². The van der Waals surface area contributed by atoms with Gasteiger partial charge in [-0.3, -0.25) is 4.79 Å². The van der Waals surface area contributed by atoms with Gasteiger partial charge in [-0.1, -0.05) is 13.8 Å². The van der Waals surface area contributed by atoms with Gasteiger partial charge in [0, 0.05) is 18.5 Å². The zero-order chi connectivity index (χ0) is 10.3. The predicted molar refractivity (Wildman–Crippen MR) is 55.6 cm³/mol. The van der Waals surface area contributed by atoms with Gasteiger partial charge in [0.15, 0.2) is 0 Å². The second-order valence-electron chi connectivity index (χ2n) is 5.43. The van der Waals surface area contributed by atoms with E-state index in [1.54, 1.807) is 0 Å². The van der Waals surface area contributed by atoms with Gasteiger partial charge < -0.3 is 11.1 Å². The van der Waals surface area contributed by atoms with Crippen molar-refractivity contribution in [1.29, 1.82) is 0 Å². The van der Waals surface area contributed by atoms with E-state index in [1.807, 2.05) is 0 Å². The lowest BCUT2D eigenvalue weighted by Gasteiger charge is -2.16. The van der Waals surface area contributed by atoms with E-state index >= 15 is 0 Å². The molecule has 3 heteroatoms. The summed E-state index contributed by atoms with van der Waals surface area (Å²) in [5, 5.41) is 3.08. The summed E-state index contributed by atoms with van der Waals surface area (Å²) < 4.78 is 0. The molecule has 80 valence electrons.